The number of hydrogen-bond donors (Lipinski definition) is 3. The van der Waals surface area contributed by atoms with Crippen molar-refractivity contribution in [2.45, 2.75) is 17.7 Å². The second kappa shape index (κ2) is 9.67. The Morgan fingerprint density at radius 1 is 0.903 bits per heavy atom. The highest BCUT2D eigenvalue weighted by atomic mass is 32.2. The van der Waals surface area contributed by atoms with Gasteiger partial charge in [0.15, 0.2) is 0 Å². The lowest BCUT2D eigenvalue weighted by Crippen LogP contribution is -2.46. The van der Waals surface area contributed by atoms with E-state index in [1.807, 2.05) is 0 Å². The van der Waals surface area contributed by atoms with Crippen LogP contribution in [0, 0.1) is 5.82 Å². The summed E-state index contributed by atoms with van der Waals surface area (Å²) in [6, 6.07) is 10.7. The lowest BCUT2D eigenvalue weighted by atomic mass is 10.2. The molecule has 1 fully saturated rings. The fourth-order valence-corrected chi connectivity index (χ4v) is 4.52. The summed E-state index contributed by atoms with van der Waals surface area (Å²) in [6.07, 6.45) is 1.64. The molecule has 164 valence electrons. The quantitative estimate of drug-likeness (QED) is 0.564. The SMILES string of the molecule is O=C(CNC(=O)c1ccccc1F)NNC(=O)c1ccc(S(=O)(=O)N2CCCC2)cc1. The molecule has 9 nitrogen and oxygen atoms in total. The third-order valence-electron chi connectivity index (χ3n) is 4.66. The average Bonchev–Trinajstić information content (AvgIpc) is 3.32. The lowest BCUT2D eigenvalue weighted by Gasteiger charge is -2.15. The number of benzene rings is 2. The van der Waals surface area contributed by atoms with E-state index < -0.39 is 40.1 Å². The molecule has 0 saturated carbocycles. The van der Waals surface area contributed by atoms with Gasteiger partial charge in [-0.15, -0.1) is 0 Å². The predicted octanol–water partition coefficient (Wildman–Crippen LogP) is 0.801. The maximum Gasteiger partial charge on any atom is 0.269 e. The van der Waals surface area contributed by atoms with E-state index in [1.54, 1.807) is 0 Å². The summed E-state index contributed by atoms with van der Waals surface area (Å²) >= 11 is 0. The van der Waals surface area contributed by atoms with Gasteiger partial charge in [0.25, 0.3) is 17.7 Å². The summed E-state index contributed by atoms with van der Waals surface area (Å²) in [5.41, 5.74) is 4.21. The molecular formula is C20H21FN4O5S. The number of carbonyl (C=O) groups excluding carboxylic acids is 3. The maximum absolute atomic E-state index is 13.5. The molecule has 1 saturated heterocycles. The first kappa shape index (κ1) is 22.4. The Morgan fingerprint density at radius 2 is 1.55 bits per heavy atom. The number of amides is 3. The Morgan fingerprint density at radius 3 is 2.19 bits per heavy atom. The number of halogens is 1. The average molecular weight is 448 g/mol. The number of hydrazine groups is 1. The topological polar surface area (TPSA) is 125 Å². The molecule has 0 atom stereocenters. The van der Waals surface area contributed by atoms with Crippen LogP contribution in [0.15, 0.2) is 53.4 Å². The first-order chi connectivity index (χ1) is 14.8. The van der Waals surface area contributed by atoms with Gasteiger partial charge in [0.1, 0.15) is 5.82 Å². The third kappa shape index (κ3) is 5.44. The van der Waals surface area contributed by atoms with Crippen molar-refractivity contribution < 1.29 is 27.2 Å². The molecular weight excluding hydrogens is 427 g/mol. The van der Waals surface area contributed by atoms with Crippen molar-refractivity contribution in [2.75, 3.05) is 19.6 Å². The van der Waals surface area contributed by atoms with Gasteiger partial charge >= 0.3 is 0 Å². The highest BCUT2D eigenvalue weighted by Crippen LogP contribution is 2.21. The summed E-state index contributed by atoms with van der Waals surface area (Å²) in [5, 5.41) is 2.24. The lowest BCUT2D eigenvalue weighted by molar-refractivity contribution is -0.120. The van der Waals surface area contributed by atoms with E-state index >= 15 is 0 Å². The summed E-state index contributed by atoms with van der Waals surface area (Å²) < 4.78 is 39.9. The molecule has 0 spiro atoms. The first-order valence-corrected chi connectivity index (χ1v) is 10.9. The Balaban J connectivity index is 1.49. The summed E-state index contributed by atoms with van der Waals surface area (Å²) in [4.78, 5) is 35.9. The van der Waals surface area contributed by atoms with Crippen LogP contribution in [0.5, 0.6) is 0 Å². The summed E-state index contributed by atoms with van der Waals surface area (Å²) in [7, 11) is -3.58. The van der Waals surface area contributed by atoms with Crippen molar-refractivity contribution >= 4 is 27.7 Å². The molecule has 31 heavy (non-hydrogen) atoms. The predicted molar refractivity (Wildman–Crippen MR) is 109 cm³/mol. The van der Waals surface area contributed by atoms with Gasteiger partial charge in [-0.1, -0.05) is 12.1 Å². The van der Waals surface area contributed by atoms with E-state index in [4.69, 9.17) is 0 Å². The minimum atomic E-state index is -3.58. The van der Waals surface area contributed by atoms with Gasteiger partial charge in [-0.25, -0.2) is 12.8 Å². The van der Waals surface area contributed by atoms with Crippen LogP contribution in [0.25, 0.3) is 0 Å². The molecule has 0 unspecified atom stereocenters. The second-order valence-corrected chi connectivity index (χ2v) is 8.74. The van der Waals surface area contributed by atoms with Crippen molar-refractivity contribution in [3.63, 3.8) is 0 Å². The molecule has 1 heterocycles. The van der Waals surface area contributed by atoms with Crippen LogP contribution < -0.4 is 16.2 Å². The normalized spacial score (nSPS) is 14.1. The molecule has 3 rings (SSSR count). The van der Waals surface area contributed by atoms with Gasteiger partial charge in [0.2, 0.25) is 10.0 Å². The van der Waals surface area contributed by atoms with Crippen LogP contribution in [0.3, 0.4) is 0 Å². The minimum Gasteiger partial charge on any atom is -0.343 e. The van der Waals surface area contributed by atoms with Crippen molar-refractivity contribution in [3.05, 3.63) is 65.5 Å². The largest absolute Gasteiger partial charge is 0.343 e. The summed E-state index contributed by atoms with van der Waals surface area (Å²) in [5.74, 6) is -2.89. The Hall–Kier alpha value is -3.31. The number of nitrogens with zero attached hydrogens (tertiary/aromatic N) is 1. The number of sulfonamides is 1. The molecule has 1 aliphatic heterocycles. The Bertz CT molecular complexity index is 1080. The molecule has 3 amide bonds. The zero-order valence-electron chi connectivity index (χ0n) is 16.4. The smallest absolute Gasteiger partial charge is 0.269 e. The van der Waals surface area contributed by atoms with Crippen LogP contribution >= 0.6 is 0 Å². The molecule has 0 radical (unpaired) electrons. The highest BCUT2D eigenvalue weighted by molar-refractivity contribution is 7.89. The van der Waals surface area contributed by atoms with Gasteiger partial charge in [-0.3, -0.25) is 25.2 Å². The van der Waals surface area contributed by atoms with E-state index in [0.29, 0.717) is 13.1 Å². The minimum absolute atomic E-state index is 0.0887. The van der Waals surface area contributed by atoms with Crippen molar-refractivity contribution in [2.24, 2.45) is 0 Å². The van der Waals surface area contributed by atoms with E-state index in [9.17, 15) is 27.2 Å². The van der Waals surface area contributed by atoms with E-state index in [1.165, 1.54) is 46.8 Å². The maximum atomic E-state index is 13.5. The van der Waals surface area contributed by atoms with Crippen LogP contribution in [0.4, 0.5) is 4.39 Å². The number of hydrogen-bond acceptors (Lipinski definition) is 5. The van der Waals surface area contributed by atoms with Gasteiger partial charge in [-0.2, -0.15) is 4.31 Å². The van der Waals surface area contributed by atoms with Crippen LogP contribution in [-0.2, 0) is 14.8 Å². The molecule has 3 N–H and O–H groups in total. The van der Waals surface area contributed by atoms with Crippen molar-refractivity contribution in [1.29, 1.82) is 0 Å². The Labute approximate surface area is 178 Å². The van der Waals surface area contributed by atoms with E-state index in [-0.39, 0.29) is 16.0 Å². The van der Waals surface area contributed by atoms with Crippen LogP contribution in [0.1, 0.15) is 33.6 Å². The second-order valence-electron chi connectivity index (χ2n) is 6.80. The molecule has 2 aromatic carbocycles. The van der Waals surface area contributed by atoms with Crippen LogP contribution in [0.2, 0.25) is 0 Å². The van der Waals surface area contributed by atoms with Crippen molar-refractivity contribution in [3.8, 4) is 0 Å². The van der Waals surface area contributed by atoms with E-state index in [0.717, 1.165) is 18.9 Å². The van der Waals surface area contributed by atoms with Crippen LogP contribution in [-0.4, -0.2) is 50.1 Å². The van der Waals surface area contributed by atoms with Gasteiger partial charge in [0.05, 0.1) is 17.0 Å². The van der Waals surface area contributed by atoms with Crippen molar-refractivity contribution in [1.82, 2.24) is 20.5 Å². The number of carbonyl (C=O) groups is 3. The van der Waals surface area contributed by atoms with Gasteiger partial charge < -0.3 is 5.32 Å². The fourth-order valence-electron chi connectivity index (χ4n) is 3.00. The molecule has 2 aromatic rings. The summed E-state index contributed by atoms with van der Waals surface area (Å²) in [6.45, 7) is 0.467. The molecule has 0 aliphatic carbocycles. The van der Waals surface area contributed by atoms with Gasteiger partial charge in [-0.05, 0) is 49.2 Å². The first-order valence-electron chi connectivity index (χ1n) is 9.51. The molecule has 0 bridgehead atoms. The standard InChI is InChI=1S/C20H21FN4O5S/c21-17-6-2-1-5-16(17)20(28)22-13-18(26)23-24-19(27)14-7-9-15(10-8-14)31(29,30)25-11-3-4-12-25/h1-2,5-10H,3-4,11-13H2,(H,22,28)(H,23,26)(H,24,27). The monoisotopic (exact) mass is 448 g/mol. The van der Waals surface area contributed by atoms with E-state index in [2.05, 4.69) is 16.2 Å². The zero-order valence-corrected chi connectivity index (χ0v) is 17.2. The Kier molecular flexibility index (Phi) is 6.98. The molecule has 11 heteroatoms. The fraction of sp³-hybridized carbons (Fsp3) is 0.250. The highest BCUT2D eigenvalue weighted by Gasteiger charge is 2.27. The molecule has 1 aliphatic rings. The number of nitrogens with one attached hydrogen (secondary N) is 3. The third-order valence-corrected chi connectivity index (χ3v) is 6.58. The zero-order chi connectivity index (χ0) is 22.4. The van der Waals surface area contributed by atoms with Gasteiger partial charge in [0, 0.05) is 18.7 Å². The number of rotatable bonds is 6. The molecule has 0 aromatic heterocycles.